The van der Waals surface area contributed by atoms with E-state index in [1.54, 1.807) is 0 Å². The van der Waals surface area contributed by atoms with Gasteiger partial charge in [0.1, 0.15) is 0 Å². The molecule has 0 aliphatic carbocycles. The fraction of sp³-hybridized carbons (Fsp3) is 0.200. The van der Waals surface area contributed by atoms with E-state index < -0.39 is 0 Å². The van der Waals surface area contributed by atoms with Crippen molar-refractivity contribution in [2.45, 2.75) is 6.42 Å². The van der Waals surface area contributed by atoms with Crippen LogP contribution in [0.4, 0.5) is 11.7 Å². The van der Waals surface area contributed by atoms with Gasteiger partial charge in [-0.25, -0.2) is 0 Å². The molecular formula is C10H11IN4O. The first-order valence-electron chi connectivity index (χ1n) is 4.83. The highest BCUT2D eigenvalue weighted by molar-refractivity contribution is 14.1. The van der Waals surface area contributed by atoms with Crippen LogP contribution < -0.4 is 11.1 Å². The largest absolute Gasteiger partial charge is 0.408 e. The van der Waals surface area contributed by atoms with E-state index in [2.05, 4.69) is 38.1 Å². The van der Waals surface area contributed by atoms with Gasteiger partial charge in [0.15, 0.2) is 0 Å². The minimum atomic E-state index is 0.393. The maximum Gasteiger partial charge on any atom is 0.320 e. The summed E-state index contributed by atoms with van der Waals surface area (Å²) >= 11 is 2.25. The summed E-state index contributed by atoms with van der Waals surface area (Å²) in [4.78, 5) is 0. The maximum atomic E-state index is 5.39. The number of halogens is 1. The van der Waals surface area contributed by atoms with E-state index in [1.165, 1.54) is 3.57 Å². The van der Waals surface area contributed by atoms with E-state index >= 15 is 0 Å². The molecule has 0 atom stereocenters. The van der Waals surface area contributed by atoms with Crippen molar-refractivity contribution in [3.63, 3.8) is 0 Å². The predicted octanol–water partition coefficient (Wildman–Crippen LogP) is 1.92. The Morgan fingerprint density at radius 3 is 2.69 bits per heavy atom. The lowest BCUT2D eigenvalue weighted by Gasteiger charge is -2.00. The van der Waals surface area contributed by atoms with Crippen molar-refractivity contribution < 1.29 is 4.42 Å². The quantitative estimate of drug-likeness (QED) is 0.838. The molecule has 3 N–H and O–H groups in total. The van der Waals surface area contributed by atoms with Gasteiger partial charge in [0.25, 0.3) is 0 Å². The highest BCUT2D eigenvalue weighted by Gasteiger charge is 2.04. The third kappa shape index (κ3) is 2.92. The molecule has 0 unspecified atom stereocenters. The Hall–Kier alpha value is -1.15. The molecule has 2 aromatic rings. The van der Waals surface area contributed by atoms with Crippen LogP contribution in [0.5, 0.6) is 0 Å². The van der Waals surface area contributed by atoms with Crippen LogP contribution in [-0.2, 0) is 6.42 Å². The summed E-state index contributed by atoms with van der Waals surface area (Å²) < 4.78 is 6.52. The molecular weight excluding hydrogens is 319 g/mol. The number of nitrogens with two attached hydrogens (primary N) is 1. The number of nitrogens with zero attached hydrogens (tertiary/aromatic N) is 2. The number of hydrogen-bond donors (Lipinski definition) is 2. The minimum absolute atomic E-state index is 0.393. The van der Waals surface area contributed by atoms with Crippen LogP contribution in [0.2, 0.25) is 0 Å². The Kier molecular flexibility index (Phi) is 3.73. The van der Waals surface area contributed by atoms with Gasteiger partial charge in [0.2, 0.25) is 5.89 Å². The number of hydrogen-bond acceptors (Lipinski definition) is 5. The Morgan fingerprint density at radius 2 is 2.00 bits per heavy atom. The highest BCUT2D eigenvalue weighted by atomic mass is 127. The molecule has 0 amide bonds. The van der Waals surface area contributed by atoms with Crippen LogP contribution in [0.25, 0.3) is 0 Å². The molecule has 6 heteroatoms. The van der Waals surface area contributed by atoms with Crippen LogP contribution in [0.15, 0.2) is 28.7 Å². The van der Waals surface area contributed by atoms with E-state index in [0.29, 0.717) is 24.9 Å². The first-order chi connectivity index (χ1) is 7.78. The first kappa shape index (κ1) is 11.3. The molecule has 0 bridgehead atoms. The normalized spacial score (nSPS) is 10.4. The molecule has 5 nitrogen and oxygen atoms in total. The molecule has 0 saturated heterocycles. The van der Waals surface area contributed by atoms with Crippen molar-refractivity contribution >= 4 is 34.3 Å². The zero-order chi connectivity index (χ0) is 11.4. The van der Waals surface area contributed by atoms with Gasteiger partial charge in [-0.15, -0.1) is 5.10 Å². The number of benzene rings is 1. The van der Waals surface area contributed by atoms with Gasteiger partial charge in [0, 0.05) is 22.2 Å². The van der Waals surface area contributed by atoms with Crippen molar-refractivity contribution in [3.8, 4) is 0 Å². The monoisotopic (exact) mass is 330 g/mol. The third-order valence-corrected chi connectivity index (χ3v) is 2.64. The van der Waals surface area contributed by atoms with Crippen LogP contribution >= 0.6 is 22.6 Å². The molecule has 0 spiro atoms. The Bertz CT molecular complexity index is 454. The van der Waals surface area contributed by atoms with Crippen molar-refractivity contribution in [1.82, 2.24) is 10.2 Å². The van der Waals surface area contributed by atoms with Gasteiger partial charge in [0.05, 0.1) is 0 Å². The molecule has 0 fully saturated rings. The number of aromatic nitrogens is 2. The Balaban J connectivity index is 2.05. The topological polar surface area (TPSA) is 77.0 Å². The van der Waals surface area contributed by atoms with Gasteiger partial charge < -0.3 is 15.5 Å². The van der Waals surface area contributed by atoms with Gasteiger partial charge in [-0.1, -0.05) is 5.10 Å². The zero-order valence-electron chi connectivity index (χ0n) is 8.48. The van der Waals surface area contributed by atoms with Gasteiger partial charge in [-0.3, -0.25) is 0 Å². The summed E-state index contributed by atoms with van der Waals surface area (Å²) in [7, 11) is 0. The lowest BCUT2D eigenvalue weighted by Crippen LogP contribution is -2.02. The van der Waals surface area contributed by atoms with Crippen molar-refractivity contribution in [1.29, 1.82) is 0 Å². The van der Waals surface area contributed by atoms with E-state index in [9.17, 15) is 0 Å². The highest BCUT2D eigenvalue weighted by Crippen LogP contribution is 2.16. The Morgan fingerprint density at radius 1 is 1.25 bits per heavy atom. The average molecular weight is 330 g/mol. The zero-order valence-corrected chi connectivity index (χ0v) is 10.6. The van der Waals surface area contributed by atoms with E-state index in [1.807, 2.05) is 24.3 Å². The second-order valence-corrected chi connectivity index (χ2v) is 4.42. The van der Waals surface area contributed by atoms with Crippen molar-refractivity contribution in [2.75, 3.05) is 11.9 Å². The second-order valence-electron chi connectivity index (χ2n) is 3.17. The van der Waals surface area contributed by atoms with E-state index in [0.717, 1.165) is 5.69 Å². The number of nitrogens with one attached hydrogen (secondary N) is 1. The maximum absolute atomic E-state index is 5.39. The average Bonchev–Trinajstić information content (AvgIpc) is 2.70. The van der Waals surface area contributed by atoms with Crippen LogP contribution in [-0.4, -0.2) is 16.7 Å². The van der Waals surface area contributed by atoms with Crippen LogP contribution in [0.3, 0.4) is 0 Å². The fourth-order valence-electron chi connectivity index (χ4n) is 1.19. The second kappa shape index (κ2) is 5.26. The minimum Gasteiger partial charge on any atom is -0.408 e. The Labute approximate surface area is 107 Å². The SMILES string of the molecule is NCCc1nnc(Nc2ccc(I)cc2)o1. The number of anilines is 2. The molecule has 0 aliphatic rings. The van der Waals surface area contributed by atoms with Crippen LogP contribution in [0, 0.1) is 3.57 Å². The molecule has 1 heterocycles. The summed E-state index contributed by atoms with van der Waals surface area (Å²) in [5.41, 5.74) is 6.31. The summed E-state index contributed by atoms with van der Waals surface area (Å²) in [5, 5.41) is 10.8. The fourth-order valence-corrected chi connectivity index (χ4v) is 1.54. The molecule has 0 radical (unpaired) electrons. The summed E-state index contributed by atoms with van der Waals surface area (Å²) in [6.45, 7) is 0.505. The van der Waals surface area contributed by atoms with Crippen molar-refractivity contribution in [3.05, 3.63) is 33.7 Å². The molecule has 0 aliphatic heterocycles. The van der Waals surface area contributed by atoms with Crippen LogP contribution in [0.1, 0.15) is 5.89 Å². The standard InChI is InChI=1S/C10H11IN4O/c11-7-1-3-8(4-2-7)13-10-15-14-9(16-10)5-6-12/h1-4H,5-6,12H2,(H,13,15). The summed E-state index contributed by atoms with van der Waals surface area (Å²) in [6, 6.07) is 8.30. The summed E-state index contributed by atoms with van der Waals surface area (Å²) in [5.74, 6) is 0.551. The first-order valence-corrected chi connectivity index (χ1v) is 5.91. The van der Waals surface area contributed by atoms with E-state index in [4.69, 9.17) is 10.2 Å². The van der Waals surface area contributed by atoms with Crippen molar-refractivity contribution in [2.24, 2.45) is 5.73 Å². The lowest BCUT2D eigenvalue weighted by atomic mass is 10.3. The molecule has 16 heavy (non-hydrogen) atoms. The van der Waals surface area contributed by atoms with Gasteiger partial charge >= 0.3 is 6.01 Å². The number of rotatable bonds is 4. The lowest BCUT2D eigenvalue weighted by molar-refractivity contribution is 0.510. The smallest absolute Gasteiger partial charge is 0.320 e. The predicted molar refractivity (Wildman–Crippen MR) is 69.5 cm³/mol. The molecule has 0 saturated carbocycles. The third-order valence-electron chi connectivity index (χ3n) is 1.92. The van der Waals surface area contributed by atoms with Gasteiger partial charge in [-0.2, -0.15) is 0 Å². The molecule has 1 aromatic heterocycles. The molecule has 84 valence electrons. The summed E-state index contributed by atoms with van der Waals surface area (Å²) in [6.07, 6.45) is 0.599. The molecule has 2 rings (SSSR count). The molecule has 1 aromatic carbocycles. The van der Waals surface area contributed by atoms with Gasteiger partial charge in [-0.05, 0) is 46.9 Å². The van der Waals surface area contributed by atoms with E-state index in [-0.39, 0.29) is 0 Å².